The third-order valence-electron chi connectivity index (χ3n) is 2.39. The van der Waals surface area contributed by atoms with E-state index < -0.39 is 0 Å². The maximum Gasteiger partial charge on any atom is 0.251 e. The standard InChI is InChI=1S/C13H12ClNO2S/c14-12-5-4-11(18-12)6-7-15-13(17)9-2-1-3-10(16)8-9/h1-5,8,16H,6-7H2,(H,15,17). The van der Waals surface area contributed by atoms with Crippen molar-refractivity contribution in [2.24, 2.45) is 0 Å². The third kappa shape index (κ3) is 3.48. The number of phenols is 1. The number of benzene rings is 1. The van der Waals surface area contributed by atoms with Crippen molar-refractivity contribution in [3.05, 3.63) is 51.2 Å². The Morgan fingerprint density at radius 2 is 2.17 bits per heavy atom. The van der Waals surface area contributed by atoms with Crippen molar-refractivity contribution >= 4 is 28.8 Å². The van der Waals surface area contributed by atoms with Gasteiger partial charge in [-0.25, -0.2) is 0 Å². The fourth-order valence-electron chi connectivity index (χ4n) is 1.53. The molecule has 0 bridgehead atoms. The molecule has 2 N–H and O–H groups in total. The summed E-state index contributed by atoms with van der Waals surface area (Å²) in [6, 6.07) is 10.1. The normalized spacial score (nSPS) is 10.3. The number of carbonyl (C=O) groups excluding carboxylic acids is 1. The Balaban J connectivity index is 1.85. The van der Waals surface area contributed by atoms with Gasteiger partial charge < -0.3 is 10.4 Å². The Hall–Kier alpha value is -1.52. The fraction of sp³-hybridized carbons (Fsp3) is 0.154. The van der Waals surface area contributed by atoms with Crippen LogP contribution >= 0.6 is 22.9 Å². The molecule has 1 aromatic carbocycles. The second-order valence-electron chi connectivity index (χ2n) is 3.76. The van der Waals surface area contributed by atoms with Gasteiger partial charge in [0, 0.05) is 17.0 Å². The molecule has 0 fully saturated rings. The molecule has 3 nitrogen and oxygen atoms in total. The molecule has 94 valence electrons. The smallest absolute Gasteiger partial charge is 0.251 e. The number of hydrogen-bond acceptors (Lipinski definition) is 3. The molecule has 0 radical (unpaired) electrons. The predicted molar refractivity (Wildman–Crippen MR) is 73.5 cm³/mol. The number of rotatable bonds is 4. The highest BCUT2D eigenvalue weighted by Gasteiger charge is 2.05. The molecule has 0 saturated carbocycles. The summed E-state index contributed by atoms with van der Waals surface area (Å²) in [5.41, 5.74) is 0.458. The molecule has 18 heavy (non-hydrogen) atoms. The number of halogens is 1. The lowest BCUT2D eigenvalue weighted by Crippen LogP contribution is -2.25. The number of thiophene rings is 1. The Morgan fingerprint density at radius 1 is 1.33 bits per heavy atom. The molecule has 1 heterocycles. The van der Waals surface area contributed by atoms with Gasteiger partial charge in [0.2, 0.25) is 0 Å². The summed E-state index contributed by atoms with van der Waals surface area (Å²) in [6.07, 6.45) is 0.752. The summed E-state index contributed by atoms with van der Waals surface area (Å²) < 4.78 is 0.754. The van der Waals surface area contributed by atoms with Gasteiger partial charge in [0.15, 0.2) is 0 Å². The van der Waals surface area contributed by atoms with Crippen molar-refractivity contribution in [2.45, 2.75) is 6.42 Å². The summed E-state index contributed by atoms with van der Waals surface area (Å²) >= 11 is 7.33. The van der Waals surface area contributed by atoms with Crippen LogP contribution in [-0.4, -0.2) is 17.6 Å². The molecule has 2 aromatic rings. The molecule has 0 unspecified atom stereocenters. The molecule has 2 rings (SSSR count). The lowest BCUT2D eigenvalue weighted by Gasteiger charge is -2.04. The maximum absolute atomic E-state index is 11.7. The van der Waals surface area contributed by atoms with E-state index in [4.69, 9.17) is 11.6 Å². The summed E-state index contributed by atoms with van der Waals surface area (Å²) in [4.78, 5) is 12.9. The van der Waals surface area contributed by atoms with Gasteiger partial charge in [0.1, 0.15) is 5.75 Å². The highest BCUT2D eigenvalue weighted by atomic mass is 35.5. The quantitative estimate of drug-likeness (QED) is 0.905. The van der Waals surface area contributed by atoms with Crippen molar-refractivity contribution in [3.63, 3.8) is 0 Å². The second-order valence-corrected chi connectivity index (χ2v) is 5.56. The maximum atomic E-state index is 11.7. The molecule has 1 aromatic heterocycles. The van der Waals surface area contributed by atoms with E-state index in [-0.39, 0.29) is 11.7 Å². The Bertz CT molecular complexity index is 553. The highest BCUT2D eigenvalue weighted by Crippen LogP contribution is 2.21. The third-order valence-corrected chi connectivity index (χ3v) is 3.69. The molecule has 5 heteroatoms. The summed E-state index contributed by atoms with van der Waals surface area (Å²) in [7, 11) is 0. The molecule has 0 spiro atoms. The van der Waals surface area contributed by atoms with Crippen molar-refractivity contribution in [3.8, 4) is 5.75 Å². The summed E-state index contributed by atoms with van der Waals surface area (Å²) in [5, 5.41) is 12.1. The molecule has 0 aliphatic heterocycles. The van der Waals surface area contributed by atoms with E-state index in [2.05, 4.69) is 5.32 Å². The van der Waals surface area contributed by atoms with Crippen LogP contribution in [0, 0.1) is 0 Å². The number of aromatic hydroxyl groups is 1. The van der Waals surface area contributed by atoms with Crippen molar-refractivity contribution < 1.29 is 9.90 Å². The lowest BCUT2D eigenvalue weighted by molar-refractivity contribution is 0.0954. The zero-order valence-electron chi connectivity index (χ0n) is 9.52. The van der Waals surface area contributed by atoms with Crippen LogP contribution in [0.1, 0.15) is 15.2 Å². The van der Waals surface area contributed by atoms with E-state index in [0.29, 0.717) is 12.1 Å². The SMILES string of the molecule is O=C(NCCc1ccc(Cl)s1)c1cccc(O)c1. The van der Waals surface area contributed by atoms with Crippen LogP contribution in [0.3, 0.4) is 0 Å². The van der Waals surface area contributed by atoms with Gasteiger partial charge >= 0.3 is 0 Å². The average Bonchev–Trinajstić information content (AvgIpc) is 2.75. The largest absolute Gasteiger partial charge is 0.508 e. The fourth-order valence-corrected chi connectivity index (χ4v) is 2.62. The van der Waals surface area contributed by atoms with Crippen LogP contribution in [0.15, 0.2) is 36.4 Å². The average molecular weight is 282 g/mol. The van der Waals surface area contributed by atoms with Crippen molar-refractivity contribution in [2.75, 3.05) is 6.54 Å². The predicted octanol–water partition coefficient (Wildman–Crippen LogP) is 3.08. The van der Waals surface area contributed by atoms with E-state index >= 15 is 0 Å². The lowest BCUT2D eigenvalue weighted by atomic mass is 10.2. The van der Waals surface area contributed by atoms with Crippen LogP contribution in [0.4, 0.5) is 0 Å². The van der Waals surface area contributed by atoms with E-state index in [0.717, 1.165) is 15.6 Å². The minimum Gasteiger partial charge on any atom is -0.508 e. The zero-order valence-corrected chi connectivity index (χ0v) is 11.1. The second kappa shape index (κ2) is 5.89. The van der Waals surface area contributed by atoms with Crippen LogP contribution in [0.5, 0.6) is 5.75 Å². The minimum atomic E-state index is -0.187. The molecular formula is C13H12ClNO2S. The summed E-state index contributed by atoms with van der Waals surface area (Å²) in [5.74, 6) is -0.0961. The molecule has 0 aliphatic rings. The van der Waals surface area contributed by atoms with E-state index in [1.54, 1.807) is 12.1 Å². The molecule has 0 saturated heterocycles. The minimum absolute atomic E-state index is 0.0905. The molecule has 1 amide bonds. The topological polar surface area (TPSA) is 49.3 Å². The number of nitrogens with one attached hydrogen (secondary N) is 1. The monoisotopic (exact) mass is 281 g/mol. The Morgan fingerprint density at radius 3 is 2.83 bits per heavy atom. The van der Waals surface area contributed by atoms with Gasteiger partial charge in [-0.3, -0.25) is 4.79 Å². The summed E-state index contributed by atoms with van der Waals surface area (Å²) in [6.45, 7) is 0.547. The highest BCUT2D eigenvalue weighted by molar-refractivity contribution is 7.16. The zero-order chi connectivity index (χ0) is 13.0. The van der Waals surface area contributed by atoms with Gasteiger partial charge in [-0.15, -0.1) is 11.3 Å². The molecule has 0 aliphatic carbocycles. The van der Waals surface area contributed by atoms with Gasteiger partial charge in [-0.05, 0) is 36.8 Å². The number of hydrogen-bond donors (Lipinski definition) is 2. The first-order valence-corrected chi connectivity index (χ1v) is 6.66. The molecule has 0 atom stereocenters. The number of amides is 1. The van der Waals surface area contributed by atoms with Gasteiger partial charge in [-0.2, -0.15) is 0 Å². The first-order chi connectivity index (χ1) is 8.65. The first-order valence-electron chi connectivity index (χ1n) is 5.46. The van der Waals surface area contributed by atoms with Crippen LogP contribution in [0.2, 0.25) is 4.34 Å². The van der Waals surface area contributed by atoms with E-state index in [1.165, 1.54) is 23.5 Å². The Kier molecular flexibility index (Phi) is 4.23. The van der Waals surface area contributed by atoms with Gasteiger partial charge in [-0.1, -0.05) is 17.7 Å². The van der Waals surface area contributed by atoms with Gasteiger partial charge in [0.25, 0.3) is 5.91 Å². The molecular weight excluding hydrogens is 270 g/mol. The number of phenolic OH excluding ortho intramolecular Hbond substituents is 1. The van der Waals surface area contributed by atoms with Crippen molar-refractivity contribution in [1.82, 2.24) is 5.32 Å². The Labute approximate surface area is 114 Å². The van der Waals surface area contributed by atoms with Crippen molar-refractivity contribution in [1.29, 1.82) is 0 Å². The van der Waals surface area contributed by atoms with Crippen LogP contribution in [0.25, 0.3) is 0 Å². The van der Waals surface area contributed by atoms with Gasteiger partial charge in [0.05, 0.1) is 4.34 Å². The van der Waals surface area contributed by atoms with Crippen LogP contribution < -0.4 is 5.32 Å². The number of carbonyl (C=O) groups is 1. The van der Waals surface area contributed by atoms with E-state index in [1.807, 2.05) is 12.1 Å². The van der Waals surface area contributed by atoms with Crippen LogP contribution in [-0.2, 0) is 6.42 Å². The first kappa shape index (κ1) is 12.9. The van der Waals surface area contributed by atoms with E-state index in [9.17, 15) is 9.90 Å².